The number of hydrogen-bond acceptors (Lipinski definition) is 4. The molecule has 0 radical (unpaired) electrons. The number of aromatic amines is 1. The zero-order chi connectivity index (χ0) is 19.1. The zero-order valence-corrected chi connectivity index (χ0v) is 14.5. The molecule has 0 spiro atoms. The molecule has 1 atom stereocenters. The number of benzene rings is 1. The third kappa shape index (κ3) is 3.46. The number of aromatic nitrogens is 2. The second-order valence-corrected chi connectivity index (χ2v) is 7.88. The summed E-state index contributed by atoms with van der Waals surface area (Å²) in [6, 6.07) is 0.965. The van der Waals surface area contributed by atoms with Gasteiger partial charge in [-0.1, -0.05) is 0 Å². The van der Waals surface area contributed by atoms with Crippen molar-refractivity contribution >= 4 is 10.0 Å². The van der Waals surface area contributed by atoms with Crippen molar-refractivity contribution in [3.63, 3.8) is 0 Å². The van der Waals surface area contributed by atoms with Crippen LogP contribution in [0.2, 0.25) is 0 Å². The monoisotopic (exact) mass is 392 g/mol. The second kappa shape index (κ2) is 6.63. The van der Waals surface area contributed by atoms with Crippen LogP contribution in [0.25, 0.3) is 0 Å². The molecule has 1 aliphatic rings. The lowest BCUT2D eigenvalue weighted by atomic mass is 10.2. The predicted octanol–water partition coefficient (Wildman–Crippen LogP) is 2.25. The summed E-state index contributed by atoms with van der Waals surface area (Å²) in [5, 5.41) is 0. The number of nitrogens with zero attached hydrogens (tertiary/aromatic N) is 3. The van der Waals surface area contributed by atoms with E-state index < -0.39 is 38.5 Å². The number of sulfonamides is 1. The van der Waals surface area contributed by atoms with Crippen LogP contribution in [0.15, 0.2) is 35.5 Å². The maximum Gasteiger partial charge on any atom is 0.416 e. The van der Waals surface area contributed by atoms with Crippen LogP contribution >= 0.6 is 0 Å². The van der Waals surface area contributed by atoms with Gasteiger partial charge in [-0.15, -0.1) is 0 Å². The van der Waals surface area contributed by atoms with Crippen LogP contribution in [0.5, 0.6) is 0 Å². The fourth-order valence-corrected chi connectivity index (χ4v) is 4.37. The highest BCUT2D eigenvalue weighted by Gasteiger charge is 2.38. The van der Waals surface area contributed by atoms with E-state index in [2.05, 4.69) is 9.97 Å². The van der Waals surface area contributed by atoms with Crippen molar-refractivity contribution in [3.05, 3.63) is 47.8 Å². The normalized spacial score (nSPS) is 20.4. The highest BCUT2D eigenvalue weighted by atomic mass is 32.2. The van der Waals surface area contributed by atoms with Crippen LogP contribution in [0.1, 0.15) is 17.4 Å². The Morgan fingerprint density at radius 2 is 2.00 bits per heavy atom. The zero-order valence-electron chi connectivity index (χ0n) is 13.7. The molecule has 0 amide bonds. The van der Waals surface area contributed by atoms with Crippen molar-refractivity contribution in [1.29, 1.82) is 0 Å². The molecule has 1 fully saturated rings. The molecule has 6 nitrogen and oxygen atoms in total. The van der Waals surface area contributed by atoms with E-state index in [0.29, 0.717) is 30.6 Å². The number of nitrogens with one attached hydrogen (secondary N) is 1. The first-order valence-electron chi connectivity index (χ1n) is 7.67. The van der Waals surface area contributed by atoms with Gasteiger partial charge < -0.3 is 4.98 Å². The first kappa shape index (κ1) is 18.8. The molecular formula is C15H16F4N4O2S. The molecule has 3 rings (SSSR count). The van der Waals surface area contributed by atoms with Gasteiger partial charge in [0.05, 0.1) is 11.6 Å². The molecule has 142 valence electrons. The summed E-state index contributed by atoms with van der Waals surface area (Å²) in [4.78, 5) is 7.89. The van der Waals surface area contributed by atoms with Crippen molar-refractivity contribution in [2.75, 3.05) is 26.7 Å². The van der Waals surface area contributed by atoms with Crippen molar-refractivity contribution in [2.24, 2.45) is 0 Å². The van der Waals surface area contributed by atoms with Crippen LogP contribution in [0.3, 0.4) is 0 Å². The van der Waals surface area contributed by atoms with E-state index >= 15 is 0 Å². The Bertz CT molecular complexity index is 884. The molecule has 0 bridgehead atoms. The first-order valence-corrected chi connectivity index (χ1v) is 9.11. The minimum absolute atomic E-state index is 0.0335. The number of halogens is 4. The summed E-state index contributed by atoms with van der Waals surface area (Å²) in [7, 11) is -2.65. The average molecular weight is 392 g/mol. The molecule has 11 heteroatoms. The standard InChI is InChI=1S/C15H16F4N4O2S/c1-22-6-7-23(9-12(22)14-20-4-5-21-14)26(24,25)13-8-10(15(17,18)19)2-3-11(13)16/h2-5,8,12H,6-7,9H2,1H3,(H,20,21). The third-order valence-electron chi connectivity index (χ3n) is 4.32. The maximum absolute atomic E-state index is 14.1. The summed E-state index contributed by atoms with van der Waals surface area (Å²) in [6.45, 7) is 0.305. The highest BCUT2D eigenvalue weighted by molar-refractivity contribution is 7.89. The van der Waals surface area contributed by atoms with Gasteiger partial charge in [0, 0.05) is 32.0 Å². The van der Waals surface area contributed by atoms with Crippen LogP contribution in [-0.2, 0) is 16.2 Å². The summed E-state index contributed by atoms with van der Waals surface area (Å²) in [6.07, 6.45) is -1.66. The summed E-state index contributed by atoms with van der Waals surface area (Å²) < 4.78 is 79.2. The molecule has 1 aromatic heterocycles. The first-order chi connectivity index (χ1) is 12.1. The number of H-pyrrole nitrogens is 1. The van der Waals surface area contributed by atoms with Gasteiger partial charge in [0.1, 0.15) is 16.5 Å². The van der Waals surface area contributed by atoms with Gasteiger partial charge in [0.25, 0.3) is 0 Å². The Hall–Kier alpha value is -1.98. The average Bonchev–Trinajstić information content (AvgIpc) is 3.08. The quantitative estimate of drug-likeness (QED) is 0.814. The van der Waals surface area contributed by atoms with E-state index in [9.17, 15) is 26.0 Å². The lowest BCUT2D eigenvalue weighted by Crippen LogP contribution is -2.49. The van der Waals surface area contributed by atoms with Gasteiger partial charge in [-0.2, -0.15) is 17.5 Å². The van der Waals surface area contributed by atoms with Crippen LogP contribution in [0.4, 0.5) is 17.6 Å². The molecule has 1 aromatic carbocycles. The van der Waals surface area contributed by atoms with Crippen molar-refractivity contribution in [3.8, 4) is 0 Å². The summed E-state index contributed by atoms with van der Waals surface area (Å²) in [5.41, 5.74) is -1.21. The van der Waals surface area contributed by atoms with Gasteiger partial charge in [-0.25, -0.2) is 17.8 Å². The smallest absolute Gasteiger partial charge is 0.347 e. The fraction of sp³-hybridized carbons (Fsp3) is 0.400. The molecule has 1 aliphatic heterocycles. The van der Waals surface area contributed by atoms with E-state index in [1.54, 1.807) is 13.2 Å². The number of rotatable bonds is 3. The fourth-order valence-electron chi connectivity index (χ4n) is 2.84. The molecule has 2 aromatic rings. The highest BCUT2D eigenvalue weighted by Crippen LogP contribution is 2.33. The molecule has 26 heavy (non-hydrogen) atoms. The molecule has 0 aliphatic carbocycles. The van der Waals surface area contributed by atoms with E-state index in [1.165, 1.54) is 6.20 Å². The van der Waals surface area contributed by atoms with Crippen molar-refractivity contribution < 1.29 is 26.0 Å². The molecule has 0 saturated carbocycles. The van der Waals surface area contributed by atoms with E-state index in [0.717, 1.165) is 4.31 Å². The van der Waals surface area contributed by atoms with Gasteiger partial charge >= 0.3 is 6.18 Å². The molecule has 1 unspecified atom stereocenters. The van der Waals surface area contributed by atoms with Crippen LogP contribution in [0, 0.1) is 5.82 Å². The summed E-state index contributed by atoms with van der Waals surface area (Å²) >= 11 is 0. The number of alkyl halides is 3. The van der Waals surface area contributed by atoms with E-state index in [1.807, 2.05) is 4.90 Å². The van der Waals surface area contributed by atoms with E-state index in [4.69, 9.17) is 0 Å². The van der Waals surface area contributed by atoms with E-state index in [-0.39, 0.29) is 13.1 Å². The van der Waals surface area contributed by atoms with Gasteiger partial charge in [0.15, 0.2) is 0 Å². The SMILES string of the molecule is CN1CCN(S(=O)(=O)c2cc(C(F)(F)F)ccc2F)CC1c1ncc[nH]1. The lowest BCUT2D eigenvalue weighted by molar-refractivity contribution is -0.137. The topological polar surface area (TPSA) is 69.3 Å². The van der Waals surface area contributed by atoms with Gasteiger partial charge in [-0.3, -0.25) is 4.90 Å². The van der Waals surface area contributed by atoms with Crippen LogP contribution in [-0.4, -0.2) is 54.3 Å². The number of piperazine rings is 1. The number of imidazole rings is 1. The lowest BCUT2D eigenvalue weighted by Gasteiger charge is -2.37. The Kier molecular flexibility index (Phi) is 4.80. The Balaban J connectivity index is 1.95. The second-order valence-electron chi connectivity index (χ2n) is 5.98. The molecule has 1 saturated heterocycles. The largest absolute Gasteiger partial charge is 0.416 e. The minimum Gasteiger partial charge on any atom is -0.347 e. The molecule has 1 N–H and O–H groups in total. The Morgan fingerprint density at radius 3 is 2.62 bits per heavy atom. The van der Waals surface area contributed by atoms with Gasteiger partial charge in [0.2, 0.25) is 10.0 Å². The minimum atomic E-state index is -4.77. The Labute approximate surface area is 147 Å². The molecular weight excluding hydrogens is 376 g/mol. The van der Waals surface area contributed by atoms with Crippen molar-refractivity contribution in [1.82, 2.24) is 19.2 Å². The predicted molar refractivity (Wildman–Crippen MR) is 84.1 cm³/mol. The molecule has 2 heterocycles. The number of likely N-dealkylation sites (N-methyl/N-ethyl adjacent to an activating group) is 1. The van der Waals surface area contributed by atoms with Gasteiger partial charge in [-0.05, 0) is 25.2 Å². The number of hydrogen-bond donors (Lipinski definition) is 1. The maximum atomic E-state index is 14.1. The Morgan fingerprint density at radius 1 is 1.27 bits per heavy atom. The third-order valence-corrected chi connectivity index (χ3v) is 6.20. The van der Waals surface area contributed by atoms with Crippen LogP contribution < -0.4 is 0 Å². The summed E-state index contributed by atoms with van der Waals surface area (Å²) in [5.74, 6) is -0.691. The van der Waals surface area contributed by atoms with Crippen molar-refractivity contribution in [2.45, 2.75) is 17.1 Å².